The fourth-order valence-electron chi connectivity index (χ4n) is 12.3. The number of amides is 1. The second-order valence-corrected chi connectivity index (χ2v) is 21.8. The summed E-state index contributed by atoms with van der Waals surface area (Å²) in [6.07, 6.45) is 6.58. The molecular weight excluding hydrogens is 811 g/mol. The smallest absolute Gasteiger partial charge is 0.407 e. The number of aliphatic hydroxyl groups is 3. The van der Waals surface area contributed by atoms with Gasteiger partial charge in [-0.2, -0.15) is 0 Å². The van der Waals surface area contributed by atoms with Gasteiger partial charge in [0.25, 0.3) is 0 Å². The Morgan fingerprint density at radius 2 is 1.62 bits per heavy atom. The number of carbonyl (C=O) groups is 3. The van der Waals surface area contributed by atoms with Gasteiger partial charge in [0.05, 0.1) is 65.4 Å². The van der Waals surface area contributed by atoms with E-state index in [0.717, 1.165) is 6.42 Å². The SMILES string of the molecule is CC[C@@H](C(=O)[C@@H](C)[C@@H](O)C1(C)C[C@]12O[C@@H]([C@@H](CC)C(=O)O)CC[C@@H]2C)[C@H]1O[C@]2(C=C[C@@H](NC(=O)OCCC(C)(C)O)[C@]3(CC[C@@](C)([C@H]4CC[C@](O)(CC)[C@H](C)O4)O3)O2)[C@H](C)C[C@@H]1C. The summed E-state index contributed by atoms with van der Waals surface area (Å²) in [5.41, 5.74) is -4.24. The first-order chi connectivity index (χ1) is 29.3. The van der Waals surface area contributed by atoms with E-state index in [9.17, 15) is 34.8 Å². The quantitative estimate of drug-likeness (QED) is 0.103. The molecule has 5 fully saturated rings. The Kier molecular flexibility index (Phi) is 14.5. The van der Waals surface area contributed by atoms with E-state index in [1.807, 2.05) is 53.7 Å². The van der Waals surface area contributed by atoms with Crippen LogP contribution in [-0.4, -0.2) is 115 Å². The fraction of sp³-hybridized carbons (Fsp3) is 0.898. The predicted molar refractivity (Wildman–Crippen MR) is 234 cm³/mol. The van der Waals surface area contributed by atoms with Crippen LogP contribution in [0, 0.1) is 40.9 Å². The summed E-state index contributed by atoms with van der Waals surface area (Å²) >= 11 is 0. The second-order valence-electron chi connectivity index (χ2n) is 21.8. The summed E-state index contributed by atoms with van der Waals surface area (Å²) in [5.74, 6) is -5.84. The van der Waals surface area contributed by atoms with Gasteiger partial charge in [0.15, 0.2) is 11.6 Å². The lowest BCUT2D eigenvalue weighted by Crippen LogP contribution is -2.65. The van der Waals surface area contributed by atoms with Crippen molar-refractivity contribution in [1.82, 2.24) is 5.32 Å². The zero-order valence-electron chi connectivity index (χ0n) is 40.2. The van der Waals surface area contributed by atoms with Gasteiger partial charge in [0.1, 0.15) is 11.8 Å². The molecule has 0 bridgehead atoms. The number of hydrogen-bond acceptors (Lipinski definition) is 12. The summed E-state index contributed by atoms with van der Waals surface area (Å²) in [6.45, 7) is 23.0. The van der Waals surface area contributed by atoms with Gasteiger partial charge in [-0.25, -0.2) is 4.79 Å². The first-order valence-electron chi connectivity index (χ1n) is 24.2. The van der Waals surface area contributed by atoms with E-state index in [2.05, 4.69) is 26.1 Å². The summed E-state index contributed by atoms with van der Waals surface area (Å²) < 4.78 is 40.2. The standard InChI is InChI=1S/C49H81NO13/c1-13-33(41(53)54)35-17-16-29(5)47(60-35)27-44(47,11)40(52)31(7)38(51)34(14-2)39-28(4)26-30(6)48(61-39)21-18-36(50-42(55)58-25-24-43(9,10)56)49(63-48)23-22-45(12,62-49)37-19-20-46(57,15-3)32(8)59-37/h18,21,28-37,39-40,52,56-57H,13-17,19-20,22-27H2,1-12H3,(H,50,55)(H,53,54)/t28-,29-,30+,31+,32-,33+,34-,35+,36+,37+,39-,40+,44?,45-,46+,47+,48-,49-/m0/s1. The Labute approximate surface area is 375 Å². The van der Waals surface area contributed by atoms with Gasteiger partial charge in [-0.05, 0) is 110 Å². The number of ether oxygens (including phenoxy) is 6. The lowest BCUT2D eigenvalue weighted by Gasteiger charge is -2.55. The van der Waals surface area contributed by atoms with Crippen molar-refractivity contribution in [2.75, 3.05) is 6.61 Å². The van der Waals surface area contributed by atoms with E-state index in [4.69, 9.17) is 28.4 Å². The van der Waals surface area contributed by atoms with Crippen LogP contribution in [0.5, 0.6) is 0 Å². The molecule has 18 atom stereocenters. The third kappa shape index (κ3) is 9.28. The van der Waals surface area contributed by atoms with Crippen LogP contribution in [0.4, 0.5) is 4.79 Å². The maximum absolute atomic E-state index is 14.8. The first-order valence-corrected chi connectivity index (χ1v) is 24.2. The van der Waals surface area contributed by atoms with Gasteiger partial charge in [-0.3, -0.25) is 9.59 Å². The number of carboxylic acids is 1. The molecule has 6 rings (SSSR count). The fourth-order valence-corrected chi connectivity index (χ4v) is 12.3. The molecule has 1 aliphatic carbocycles. The van der Waals surface area contributed by atoms with Crippen molar-refractivity contribution in [1.29, 1.82) is 0 Å². The van der Waals surface area contributed by atoms with Crippen LogP contribution in [-0.2, 0) is 38.0 Å². The van der Waals surface area contributed by atoms with E-state index in [-0.39, 0.29) is 42.7 Å². The molecule has 14 nitrogen and oxygen atoms in total. The maximum Gasteiger partial charge on any atom is 0.407 e. The highest BCUT2D eigenvalue weighted by Crippen LogP contribution is 2.68. The monoisotopic (exact) mass is 892 g/mol. The van der Waals surface area contributed by atoms with Crippen molar-refractivity contribution < 1.29 is 63.2 Å². The number of rotatable bonds is 15. The molecule has 1 amide bonds. The van der Waals surface area contributed by atoms with E-state index < -0.39 is 99.7 Å². The van der Waals surface area contributed by atoms with Crippen LogP contribution in [0.25, 0.3) is 0 Å². The molecule has 14 heteroatoms. The Morgan fingerprint density at radius 3 is 2.22 bits per heavy atom. The molecule has 0 radical (unpaired) electrons. The average Bonchev–Trinajstić information content (AvgIpc) is 3.67. The van der Waals surface area contributed by atoms with Crippen molar-refractivity contribution in [3.8, 4) is 0 Å². The molecule has 5 N–H and O–H groups in total. The summed E-state index contributed by atoms with van der Waals surface area (Å²) in [7, 11) is 0. The molecular formula is C49H81NO13. The van der Waals surface area contributed by atoms with Gasteiger partial charge in [-0.15, -0.1) is 0 Å². The number of alkyl carbamates (subject to hydrolysis) is 1. The molecule has 6 aliphatic rings. The molecule has 1 unspecified atom stereocenters. The number of ketones is 1. The number of aliphatic carboxylic acids is 1. The number of Topliss-reactive ketones (excluding diaryl/α,β-unsaturated/α-hetero) is 1. The Hall–Kier alpha value is -2.17. The van der Waals surface area contributed by atoms with Crippen LogP contribution in [0.1, 0.15) is 160 Å². The molecule has 0 aromatic rings. The third-order valence-corrected chi connectivity index (χ3v) is 17.0. The van der Waals surface area contributed by atoms with Gasteiger partial charge in [-0.1, -0.05) is 61.5 Å². The third-order valence-electron chi connectivity index (χ3n) is 17.0. The largest absolute Gasteiger partial charge is 0.481 e. The molecule has 63 heavy (non-hydrogen) atoms. The van der Waals surface area contributed by atoms with Gasteiger partial charge in [0, 0.05) is 36.0 Å². The maximum atomic E-state index is 14.8. The van der Waals surface area contributed by atoms with Crippen LogP contribution < -0.4 is 5.32 Å². The van der Waals surface area contributed by atoms with Crippen LogP contribution in [0.3, 0.4) is 0 Å². The van der Waals surface area contributed by atoms with Gasteiger partial charge >= 0.3 is 12.1 Å². The normalized spacial score (nSPS) is 44.6. The molecule has 5 heterocycles. The molecule has 5 aliphatic heterocycles. The summed E-state index contributed by atoms with van der Waals surface area (Å²) in [4.78, 5) is 40.3. The number of hydrogen-bond donors (Lipinski definition) is 5. The van der Waals surface area contributed by atoms with Gasteiger partial charge in [0.2, 0.25) is 0 Å². The minimum atomic E-state index is -1.42. The van der Waals surface area contributed by atoms with Crippen molar-refractivity contribution in [3.05, 3.63) is 12.2 Å². The highest BCUT2D eigenvalue weighted by molar-refractivity contribution is 5.84. The number of aliphatic hydroxyl groups excluding tert-OH is 1. The van der Waals surface area contributed by atoms with Crippen LogP contribution in [0.2, 0.25) is 0 Å². The minimum absolute atomic E-state index is 0.00624. The predicted octanol–water partition coefficient (Wildman–Crippen LogP) is 7.23. The molecule has 3 spiro atoms. The Bertz CT molecular complexity index is 1700. The van der Waals surface area contributed by atoms with Crippen LogP contribution in [0.15, 0.2) is 12.2 Å². The van der Waals surface area contributed by atoms with E-state index in [1.54, 1.807) is 20.8 Å². The van der Waals surface area contributed by atoms with Crippen molar-refractivity contribution >= 4 is 17.8 Å². The van der Waals surface area contributed by atoms with Crippen LogP contribution >= 0.6 is 0 Å². The zero-order chi connectivity index (χ0) is 46.7. The molecule has 360 valence electrons. The highest BCUT2D eigenvalue weighted by Gasteiger charge is 2.74. The van der Waals surface area contributed by atoms with Gasteiger partial charge < -0.3 is 54.2 Å². The number of nitrogens with one attached hydrogen (secondary N) is 1. The Morgan fingerprint density at radius 1 is 0.937 bits per heavy atom. The first kappa shape index (κ1) is 50.2. The Balaban J connectivity index is 1.24. The topological polar surface area (TPSA) is 200 Å². The minimum Gasteiger partial charge on any atom is -0.481 e. The summed E-state index contributed by atoms with van der Waals surface area (Å²) in [6, 6.07) is -0.792. The molecule has 0 aromatic carbocycles. The number of carbonyl (C=O) groups excluding carboxylic acids is 2. The molecule has 0 aromatic heterocycles. The zero-order valence-corrected chi connectivity index (χ0v) is 40.2. The lowest BCUT2D eigenvalue weighted by molar-refractivity contribution is -0.398. The van der Waals surface area contributed by atoms with Crippen molar-refractivity contribution in [3.63, 3.8) is 0 Å². The number of carboxylic acid groups (broad SMARTS) is 1. The second kappa shape index (κ2) is 18.1. The van der Waals surface area contributed by atoms with Crippen molar-refractivity contribution in [2.45, 2.75) is 231 Å². The summed E-state index contributed by atoms with van der Waals surface area (Å²) in [5, 5.41) is 46.5. The highest BCUT2D eigenvalue weighted by atomic mass is 16.8. The van der Waals surface area contributed by atoms with E-state index >= 15 is 0 Å². The lowest BCUT2D eigenvalue weighted by atomic mass is 9.72. The molecule has 1 saturated carbocycles. The van der Waals surface area contributed by atoms with E-state index in [1.165, 1.54) is 0 Å². The average molecular weight is 892 g/mol. The molecule has 4 saturated heterocycles. The van der Waals surface area contributed by atoms with E-state index in [0.29, 0.717) is 64.2 Å². The van der Waals surface area contributed by atoms with Crippen molar-refractivity contribution in [2.24, 2.45) is 40.9 Å².